The minimum absolute atomic E-state index is 0.161. The van der Waals surface area contributed by atoms with Crippen LogP contribution in [-0.2, 0) is 6.42 Å². The van der Waals surface area contributed by atoms with Crippen LogP contribution in [0.3, 0.4) is 0 Å². The normalized spacial score (nSPS) is 11.4. The molecule has 10 rings (SSSR count). The molecule has 0 aliphatic carbocycles. The molecule has 0 unspecified atom stereocenters. The van der Waals surface area contributed by atoms with E-state index < -0.39 is 0 Å². The average molecular weight is 1030 g/mol. The van der Waals surface area contributed by atoms with Gasteiger partial charge in [0.2, 0.25) is 0 Å². The molecule has 0 heterocycles. The Morgan fingerprint density at radius 3 is 1.08 bits per heavy atom. The summed E-state index contributed by atoms with van der Waals surface area (Å²) in [7, 11) is 0. The van der Waals surface area contributed by atoms with Crippen molar-refractivity contribution in [2.45, 2.75) is 144 Å². The van der Waals surface area contributed by atoms with Crippen LogP contribution in [0.25, 0.3) is 55.3 Å². The quantitative estimate of drug-likeness (QED) is 0.126. The molecule has 0 aromatic heterocycles. The summed E-state index contributed by atoms with van der Waals surface area (Å²) in [4.78, 5) is 0. The molecule has 400 valence electrons. The summed E-state index contributed by atoms with van der Waals surface area (Å²) in [6, 6.07) is 55.0. The van der Waals surface area contributed by atoms with Crippen LogP contribution < -0.4 is 0 Å². The Kier molecular flexibility index (Phi) is 16.1. The van der Waals surface area contributed by atoms with Gasteiger partial charge >= 0.3 is 0 Å². The topological polar surface area (TPSA) is 0 Å². The first-order valence-electron chi connectivity index (χ1n) is 28.7. The molecule has 10 aromatic rings. The first-order chi connectivity index (χ1) is 37.5. The van der Waals surface area contributed by atoms with Crippen LogP contribution in [0.2, 0.25) is 0 Å². The second kappa shape index (κ2) is 22.7. The standard InChI is InChI=1S/C52H60.C27H24/c1-27-21-47(38(12)33(7)30(27)4)51-42(16)37(11)36(10)41(15)50(51)25-43-17-18-45-26-46(20-19-44(45)24-43)52(48-22-28(2)31(5)34(8)39(48)13)49-23-29(3)32(6)35(9)40(49)14;1-19-4-10-22(11-5-19)25-16-26(23-12-6-20(2)7-13-23)18-27(17-25)24-14-8-21(3)9-15-24/h17-24,26,52H,25H2,1-16H3;4-18H,1-3H3. The average Bonchev–Trinajstić information content (AvgIpc) is 3.65. The monoisotopic (exact) mass is 1030 g/mol. The number of hydrogen-bond acceptors (Lipinski definition) is 0. The molecule has 0 bridgehead atoms. The van der Waals surface area contributed by atoms with E-state index in [1.807, 2.05) is 0 Å². The van der Waals surface area contributed by atoms with Gasteiger partial charge in [-0.05, 0) is 328 Å². The van der Waals surface area contributed by atoms with Crippen molar-refractivity contribution >= 4 is 10.8 Å². The van der Waals surface area contributed by atoms with Gasteiger partial charge in [0.15, 0.2) is 0 Å². The van der Waals surface area contributed by atoms with Crippen molar-refractivity contribution in [3.8, 4) is 44.5 Å². The summed E-state index contributed by atoms with van der Waals surface area (Å²) in [5.41, 5.74) is 43.7. The first-order valence-corrected chi connectivity index (χ1v) is 28.7. The maximum Gasteiger partial charge on any atom is 0.0345 e. The molecule has 0 saturated heterocycles. The van der Waals surface area contributed by atoms with Crippen molar-refractivity contribution in [3.63, 3.8) is 0 Å². The van der Waals surface area contributed by atoms with Gasteiger partial charge in [-0.2, -0.15) is 0 Å². The molecule has 0 radical (unpaired) electrons. The minimum atomic E-state index is 0.161. The van der Waals surface area contributed by atoms with Crippen molar-refractivity contribution in [1.82, 2.24) is 0 Å². The van der Waals surface area contributed by atoms with Crippen LogP contribution in [-0.4, -0.2) is 0 Å². The third-order valence-corrected chi connectivity index (χ3v) is 19.0. The van der Waals surface area contributed by atoms with Crippen LogP contribution >= 0.6 is 0 Å². The molecule has 0 aliphatic heterocycles. The molecule has 0 nitrogen and oxygen atoms in total. The Labute approximate surface area is 475 Å². The van der Waals surface area contributed by atoms with Gasteiger partial charge in [-0.25, -0.2) is 0 Å². The summed E-state index contributed by atoms with van der Waals surface area (Å²) in [6.45, 7) is 43.1. The Hall–Kier alpha value is -7.54. The van der Waals surface area contributed by atoms with Crippen molar-refractivity contribution in [2.75, 3.05) is 0 Å². The lowest BCUT2D eigenvalue weighted by Crippen LogP contribution is -2.11. The van der Waals surface area contributed by atoms with Crippen LogP contribution in [0.1, 0.15) is 139 Å². The number of benzene rings is 10. The minimum Gasteiger partial charge on any atom is -0.0587 e. The van der Waals surface area contributed by atoms with Crippen molar-refractivity contribution in [3.05, 3.63) is 279 Å². The van der Waals surface area contributed by atoms with E-state index in [1.165, 1.54) is 189 Å². The third kappa shape index (κ3) is 11.1. The van der Waals surface area contributed by atoms with Crippen LogP contribution in [0.5, 0.6) is 0 Å². The highest BCUT2D eigenvalue weighted by Gasteiger charge is 2.26. The molecule has 0 N–H and O–H groups in total. The summed E-state index contributed by atoms with van der Waals surface area (Å²) in [5.74, 6) is 0.161. The number of rotatable bonds is 9. The molecule has 0 amide bonds. The summed E-state index contributed by atoms with van der Waals surface area (Å²) < 4.78 is 0. The second-order valence-corrected chi connectivity index (χ2v) is 23.7. The maximum absolute atomic E-state index is 2.47. The van der Waals surface area contributed by atoms with E-state index in [1.54, 1.807) is 0 Å². The van der Waals surface area contributed by atoms with Gasteiger partial charge in [-0.3, -0.25) is 0 Å². The summed E-state index contributed by atoms with van der Waals surface area (Å²) >= 11 is 0. The lowest BCUT2D eigenvalue weighted by Gasteiger charge is -2.27. The van der Waals surface area contributed by atoms with Gasteiger partial charge in [0.05, 0.1) is 0 Å². The Morgan fingerprint density at radius 2 is 0.633 bits per heavy atom. The fourth-order valence-electron chi connectivity index (χ4n) is 12.2. The zero-order valence-electron chi connectivity index (χ0n) is 51.1. The van der Waals surface area contributed by atoms with Crippen LogP contribution in [0.4, 0.5) is 0 Å². The Balaban J connectivity index is 0.000000234. The van der Waals surface area contributed by atoms with Crippen molar-refractivity contribution in [1.29, 1.82) is 0 Å². The number of fused-ring (bicyclic) bond motifs is 1. The molecule has 0 atom stereocenters. The van der Waals surface area contributed by atoms with E-state index >= 15 is 0 Å². The smallest absolute Gasteiger partial charge is 0.0345 e. The molecule has 0 saturated carbocycles. The van der Waals surface area contributed by atoms with Gasteiger partial charge in [0, 0.05) is 5.92 Å². The maximum atomic E-state index is 2.47. The van der Waals surface area contributed by atoms with Crippen LogP contribution in [0, 0.1) is 132 Å². The van der Waals surface area contributed by atoms with Gasteiger partial charge in [-0.15, -0.1) is 0 Å². The highest BCUT2D eigenvalue weighted by molar-refractivity contribution is 5.86. The summed E-state index contributed by atoms with van der Waals surface area (Å²) in [6.07, 6.45) is 0.914. The van der Waals surface area contributed by atoms with Crippen molar-refractivity contribution in [2.24, 2.45) is 0 Å². The van der Waals surface area contributed by atoms with Gasteiger partial charge < -0.3 is 0 Å². The Morgan fingerprint density at radius 1 is 0.266 bits per heavy atom. The van der Waals surface area contributed by atoms with E-state index in [-0.39, 0.29) is 5.92 Å². The predicted molar refractivity (Wildman–Crippen MR) is 345 cm³/mol. The fourth-order valence-corrected chi connectivity index (χ4v) is 12.2. The van der Waals surface area contributed by atoms with Gasteiger partial charge in [0.25, 0.3) is 0 Å². The summed E-state index contributed by atoms with van der Waals surface area (Å²) in [5, 5.41) is 2.61. The molecule has 10 aromatic carbocycles. The molecule has 79 heavy (non-hydrogen) atoms. The lowest BCUT2D eigenvalue weighted by atomic mass is 9.76. The second-order valence-electron chi connectivity index (χ2n) is 23.7. The van der Waals surface area contributed by atoms with E-state index in [0.717, 1.165) is 6.42 Å². The largest absolute Gasteiger partial charge is 0.0587 e. The fraction of sp³-hybridized carbons (Fsp3) is 0.266. The van der Waals surface area contributed by atoms with Crippen molar-refractivity contribution < 1.29 is 0 Å². The lowest BCUT2D eigenvalue weighted by molar-refractivity contribution is 0.929. The number of hydrogen-bond donors (Lipinski definition) is 0. The molecular weight excluding hydrogens is 949 g/mol. The highest BCUT2D eigenvalue weighted by Crippen LogP contribution is 2.43. The van der Waals surface area contributed by atoms with E-state index in [9.17, 15) is 0 Å². The third-order valence-electron chi connectivity index (χ3n) is 19.0. The zero-order valence-corrected chi connectivity index (χ0v) is 51.1. The molecule has 0 aliphatic rings. The van der Waals surface area contributed by atoms with E-state index in [0.29, 0.717) is 0 Å². The Bertz CT molecular complexity index is 3750. The van der Waals surface area contributed by atoms with Gasteiger partial charge in [-0.1, -0.05) is 144 Å². The van der Waals surface area contributed by atoms with E-state index in [2.05, 4.69) is 277 Å². The highest BCUT2D eigenvalue weighted by atomic mass is 14.3. The predicted octanol–water partition coefficient (Wildman–Crippen LogP) is 21.8. The van der Waals surface area contributed by atoms with Gasteiger partial charge in [0.1, 0.15) is 0 Å². The first kappa shape index (κ1) is 56.2. The molecule has 0 heteroatoms. The zero-order chi connectivity index (χ0) is 56.9. The number of aryl methyl sites for hydroxylation is 6. The molecular formula is C79H84. The van der Waals surface area contributed by atoms with Crippen LogP contribution in [0.15, 0.2) is 146 Å². The molecule has 0 fully saturated rings. The van der Waals surface area contributed by atoms with E-state index in [4.69, 9.17) is 0 Å². The SMILES string of the molecule is Cc1cc(-c2c(C)c(C)c(C)c(C)c2Cc2ccc3cc(C(c4cc(C)c(C)c(C)c4C)c4cc(C)c(C)c(C)c4C)ccc3c2)c(C)c(C)c1C.Cc1ccc(-c2cc(-c3ccc(C)cc3)cc(-c3ccc(C)cc3)c2)cc1. The molecule has 0 spiro atoms.